The molecule has 25 heavy (non-hydrogen) atoms. The minimum Gasteiger partial charge on any atom is -0.325 e. The van der Waals surface area contributed by atoms with Gasteiger partial charge in [-0.3, -0.25) is 4.79 Å². The lowest BCUT2D eigenvalue weighted by atomic mass is 10.0. The van der Waals surface area contributed by atoms with Crippen LogP contribution in [0.2, 0.25) is 0 Å². The Bertz CT molecular complexity index is 678. The molecule has 0 unspecified atom stereocenters. The number of benzene rings is 1. The van der Waals surface area contributed by atoms with Gasteiger partial charge in [0.2, 0.25) is 15.9 Å². The fourth-order valence-electron chi connectivity index (χ4n) is 3.51. The molecule has 0 radical (unpaired) electrons. The largest absolute Gasteiger partial charge is 0.325 e. The fourth-order valence-corrected chi connectivity index (χ4v) is 4.61. The minimum absolute atomic E-state index is 0.0661. The fraction of sp³-hybridized carbons (Fsp3) is 0.632. The van der Waals surface area contributed by atoms with E-state index in [1.165, 1.54) is 10.6 Å². The molecule has 1 aromatic carbocycles. The summed E-state index contributed by atoms with van der Waals surface area (Å²) >= 11 is 0. The van der Waals surface area contributed by atoms with Crippen molar-refractivity contribution < 1.29 is 13.2 Å². The molecule has 0 atom stereocenters. The number of amides is 1. The number of anilines is 1. The van der Waals surface area contributed by atoms with Crippen molar-refractivity contribution >= 4 is 21.6 Å². The summed E-state index contributed by atoms with van der Waals surface area (Å²) in [5.41, 5.74) is 1.81. The third kappa shape index (κ3) is 5.82. The Kier molecular flexibility index (Phi) is 7.02. The summed E-state index contributed by atoms with van der Waals surface area (Å²) in [5.74, 6) is 0.00661. The van der Waals surface area contributed by atoms with E-state index in [9.17, 15) is 13.2 Å². The Morgan fingerprint density at radius 2 is 1.76 bits per heavy atom. The summed E-state index contributed by atoms with van der Waals surface area (Å²) < 4.78 is 25.9. The van der Waals surface area contributed by atoms with Crippen molar-refractivity contribution in [1.29, 1.82) is 0 Å². The third-order valence-electron chi connectivity index (χ3n) is 4.81. The van der Waals surface area contributed by atoms with Crippen molar-refractivity contribution in [2.24, 2.45) is 0 Å². The van der Waals surface area contributed by atoms with E-state index in [1.807, 2.05) is 24.3 Å². The van der Waals surface area contributed by atoms with Gasteiger partial charge >= 0.3 is 0 Å². The highest BCUT2D eigenvalue weighted by molar-refractivity contribution is 7.88. The van der Waals surface area contributed by atoms with Crippen LogP contribution in [0, 0.1) is 0 Å². The maximum absolute atomic E-state index is 12.6. The first-order valence-electron chi connectivity index (χ1n) is 9.14. The van der Waals surface area contributed by atoms with Crippen molar-refractivity contribution in [3.05, 3.63) is 29.8 Å². The van der Waals surface area contributed by atoms with E-state index in [0.29, 0.717) is 0 Å². The Labute approximate surface area is 151 Å². The van der Waals surface area contributed by atoms with Crippen molar-refractivity contribution in [3.63, 3.8) is 0 Å². The summed E-state index contributed by atoms with van der Waals surface area (Å²) in [6.07, 6.45) is 7.20. The van der Waals surface area contributed by atoms with Gasteiger partial charge in [0.05, 0.1) is 12.8 Å². The lowest BCUT2D eigenvalue weighted by Crippen LogP contribution is -2.44. The molecule has 0 aromatic heterocycles. The molecule has 1 aromatic rings. The molecular weight excluding hydrogens is 336 g/mol. The van der Waals surface area contributed by atoms with Gasteiger partial charge in [-0.25, -0.2) is 8.42 Å². The van der Waals surface area contributed by atoms with E-state index in [4.69, 9.17) is 0 Å². The van der Waals surface area contributed by atoms with Gasteiger partial charge in [-0.1, -0.05) is 57.7 Å². The number of nitrogens with one attached hydrogen (secondary N) is 1. The molecular formula is C19H30N2O3S. The predicted molar refractivity (Wildman–Crippen MR) is 102 cm³/mol. The zero-order chi connectivity index (χ0) is 18.4. The maximum atomic E-state index is 12.6. The summed E-state index contributed by atoms with van der Waals surface area (Å²) in [6.45, 7) is 4.02. The molecule has 0 saturated heterocycles. The quantitative estimate of drug-likeness (QED) is 0.780. The Morgan fingerprint density at radius 3 is 2.32 bits per heavy atom. The van der Waals surface area contributed by atoms with Crippen LogP contribution in [-0.4, -0.2) is 37.5 Å². The second-order valence-electron chi connectivity index (χ2n) is 7.24. The molecule has 5 nitrogen and oxygen atoms in total. The second-order valence-corrected chi connectivity index (χ2v) is 9.18. The summed E-state index contributed by atoms with van der Waals surface area (Å²) in [6, 6.07) is 7.60. The number of nitrogens with zero attached hydrogens (tertiary/aromatic N) is 1. The van der Waals surface area contributed by atoms with Crippen LogP contribution in [0.3, 0.4) is 0 Å². The lowest BCUT2D eigenvalue weighted by Gasteiger charge is -2.28. The minimum atomic E-state index is -3.42. The predicted octanol–water partition coefficient (Wildman–Crippen LogP) is 3.73. The molecule has 1 aliphatic carbocycles. The highest BCUT2D eigenvalue weighted by atomic mass is 32.2. The van der Waals surface area contributed by atoms with E-state index >= 15 is 0 Å². The van der Waals surface area contributed by atoms with E-state index in [-0.39, 0.29) is 24.4 Å². The number of carbonyl (C=O) groups is 1. The molecule has 1 fully saturated rings. The standard InChI is InChI=1S/C19H30N2O3S/c1-15(2)17-12-8-9-13-18(17)20-19(22)14-21(25(3,23)24)16-10-6-4-5-7-11-16/h8-9,12-13,15-16H,4-7,10-11,14H2,1-3H3,(H,20,22). The maximum Gasteiger partial charge on any atom is 0.239 e. The normalized spacial score (nSPS) is 16.8. The van der Waals surface area contributed by atoms with Crippen LogP contribution >= 0.6 is 0 Å². The van der Waals surface area contributed by atoms with E-state index in [0.717, 1.165) is 49.8 Å². The van der Waals surface area contributed by atoms with Gasteiger partial charge in [-0.05, 0) is 30.4 Å². The van der Waals surface area contributed by atoms with Gasteiger partial charge in [-0.2, -0.15) is 4.31 Å². The van der Waals surface area contributed by atoms with Crippen molar-refractivity contribution in [2.75, 3.05) is 18.1 Å². The van der Waals surface area contributed by atoms with E-state index < -0.39 is 10.0 Å². The number of hydrogen-bond acceptors (Lipinski definition) is 3. The van der Waals surface area contributed by atoms with Gasteiger partial charge < -0.3 is 5.32 Å². The molecule has 6 heteroatoms. The van der Waals surface area contributed by atoms with Gasteiger partial charge in [0.15, 0.2) is 0 Å². The van der Waals surface area contributed by atoms with Gasteiger partial charge in [0.25, 0.3) is 0 Å². The van der Waals surface area contributed by atoms with Crippen LogP contribution < -0.4 is 5.32 Å². The molecule has 0 aliphatic heterocycles. The first kappa shape index (κ1) is 19.9. The van der Waals surface area contributed by atoms with Crippen LogP contribution in [0.4, 0.5) is 5.69 Å². The summed E-state index contributed by atoms with van der Waals surface area (Å²) in [4.78, 5) is 12.6. The molecule has 2 rings (SSSR count). The number of rotatable bonds is 6. The second kappa shape index (κ2) is 8.81. The Hall–Kier alpha value is -1.40. The molecule has 1 amide bonds. The third-order valence-corrected chi connectivity index (χ3v) is 6.09. The smallest absolute Gasteiger partial charge is 0.239 e. The molecule has 0 heterocycles. The first-order valence-corrected chi connectivity index (χ1v) is 11.0. The Balaban J connectivity index is 2.12. The topological polar surface area (TPSA) is 66.5 Å². The van der Waals surface area contributed by atoms with Gasteiger partial charge in [-0.15, -0.1) is 0 Å². The lowest BCUT2D eigenvalue weighted by molar-refractivity contribution is -0.116. The van der Waals surface area contributed by atoms with Gasteiger partial charge in [0.1, 0.15) is 0 Å². The SMILES string of the molecule is CC(C)c1ccccc1NC(=O)CN(C1CCCCCC1)S(C)(=O)=O. The highest BCUT2D eigenvalue weighted by Crippen LogP contribution is 2.25. The monoisotopic (exact) mass is 366 g/mol. The van der Waals surface area contributed by atoms with E-state index in [1.54, 1.807) is 0 Å². The molecule has 1 N–H and O–H groups in total. The van der Waals surface area contributed by atoms with Crippen LogP contribution in [0.15, 0.2) is 24.3 Å². The van der Waals surface area contributed by atoms with Crippen LogP contribution in [-0.2, 0) is 14.8 Å². The van der Waals surface area contributed by atoms with Crippen molar-refractivity contribution in [3.8, 4) is 0 Å². The van der Waals surface area contributed by atoms with Crippen molar-refractivity contribution in [1.82, 2.24) is 4.31 Å². The zero-order valence-electron chi connectivity index (χ0n) is 15.5. The molecule has 1 saturated carbocycles. The molecule has 1 aliphatic rings. The average Bonchev–Trinajstić information content (AvgIpc) is 2.81. The van der Waals surface area contributed by atoms with Crippen molar-refractivity contribution in [2.45, 2.75) is 64.3 Å². The number of para-hydroxylation sites is 1. The molecule has 0 spiro atoms. The van der Waals surface area contributed by atoms with E-state index in [2.05, 4.69) is 19.2 Å². The average molecular weight is 367 g/mol. The molecule has 140 valence electrons. The highest BCUT2D eigenvalue weighted by Gasteiger charge is 2.29. The van der Waals surface area contributed by atoms with Crippen LogP contribution in [0.25, 0.3) is 0 Å². The number of hydrogen-bond donors (Lipinski definition) is 1. The Morgan fingerprint density at radius 1 is 1.16 bits per heavy atom. The van der Waals surface area contributed by atoms with Gasteiger partial charge in [0, 0.05) is 11.7 Å². The zero-order valence-corrected chi connectivity index (χ0v) is 16.3. The summed E-state index contributed by atoms with van der Waals surface area (Å²) in [7, 11) is -3.42. The van der Waals surface area contributed by atoms with Crippen LogP contribution in [0.5, 0.6) is 0 Å². The summed E-state index contributed by atoms with van der Waals surface area (Å²) in [5, 5.41) is 2.90. The first-order chi connectivity index (χ1) is 11.8. The molecule has 0 bridgehead atoms. The number of sulfonamides is 1. The number of carbonyl (C=O) groups excluding carboxylic acids is 1. The van der Waals surface area contributed by atoms with Crippen LogP contribution in [0.1, 0.15) is 63.9 Å².